The van der Waals surface area contributed by atoms with Gasteiger partial charge in [-0.1, -0.05) is 33.6 Å². The first-order valence-electron chi connectivity index (χ1n) is 4.44. The van der Waals surface area contributed by atoms with Crippen molar-refractivity contribution >= 4 is 27.5 Å². The Balaban J connectivity index is 2.53. The Bertz CT molecular complexity index is 462. The molecule has 0 amide bonds. The van der Waals surface area contributed by atoms with Crippen molar-refractivity contribution in [2.75, 3.05) is 0 Å². The summed E-state index contributed by atoms with van der Waals surface area (Å²) in [7, 11) is 0. The van der Waals surface area contributed by atoms with Gasteiger partial charge in [0.2, 0.25) is 0 Å². The normalized spacial score (nSPS) is 10.6. The summed E-state index contributed by atoms with van der Waals surface area (Å²) in [6.45, 7) is 1.87. The Labute approximate surface area is 101 Å². The summed E-state index contributed by atoms with van der Waals surface area (Å²) in [4.78, 5) is 4.29. The molecule has 0 bridgehead atoms. The molecule has 0 aliphatic rings. The first-order valence-corrected chi connectivity index (χ1v) is 5.94. The standard InChI is InChI=1S/C10H9BrClN3/c1-7-9(12)6-15(14-7)10-8(5-11)3-2-4-13-10/h2-4,6H,5H2,1H3. The maximum Gasteiger partial charge on any atom is 0.157 e. The van der Waals surface area contributed by atoms with E-state index in [0.29, 0.717) is 5.02 Å². The number of aromatic nitrogens is 3. The number of pyridine rings is 1. The third kappa shape index (κ3) is 2.06. The molecule has 2 heterocycles. The van der Waals surface area contributed by atoms with E-state index in [4.69, 9.17) is 11.6 Å². The highest BCUT2D eigenvalue weighted by molar-refractivity contribution is 9.08. The Morgan fingerprint density at radius 1 is 1.53 bits per heavy atom. The fourth-order valence-electron chi connectivity index (χ4n) is 1.29. The molecule has 2 aromatic rings. The maximum atomic E-state index is 5.95. The molecule has 0 spiro atoms. The van der Waals surface area contributed by atoms with Crippen LogP contribution in [0.25, 0.3) is 5.82 Å². The average Bonchev–Trinajstić information content (AvgIpc) is 2.59. The molecule has 0 unspecified atom stereocenters. The van der Waals surface area contributed by atoms with Gasteiger partial charge in [0.15, 0.2) is 5.82 Å². The minimum Gasteiger partial charge on any atom is -0.237 e. The number of alkyl halides is 1. The van der Waals surface area contributed by atoms with Crippen molar-refractivity contribution in [2.24, 2.45) is 0 Å². The van der Waals surface area contributed by atoms with Gasteiger partial charge in [0.1, 0.15) is 0 Å². The van der Waals surface area contributed by atoms with Gasteiger partial charge >= 0.3 is 0 Å². The Hall–Kier alpha value is -0.870. The number of hydrogen-bond acceptors (Lipinski definition) is 2. The van der Waals surface area contributed by atoms with Crippen molar-refractivity contribution in [1.82, 2.24) is 14.8 Å². The molecule has 0 aromatic carbocycles. The van der Waals surface area contributed by atoms with Crippen LogP contribution in [0.4, 0.5) is 0 Å². The van der Waals surface area contributed by atoms with Gasteiger partial charge in [-0.05, 0) is 13.0 Å². The SMILES string of the molecule is Cc1nn(-c2ncccc2CBr)cc1Cl. The highest BCUT2D eigenvalue weighted by atomic mass is 79.9. The smallest absolute Gasteiger partial charge is 0.157 e. The number of rotatable bonds is 2. The van der Waals surface area contributed by atoms with Gasteiger partial charge in [0.05, 0.1) is 16.9 Å². The molecule has 0 radical (unpaired) electrons. The van der Waals surface area contributed by atoms with Gasteiger partial charge < -0.3 is 0 Å². The van der Waals surface area contributed by atoms with E-state index in [-0.39, 0.29) is 0 Å². The van der Waals surface area contributed by atoms with E-state index in [0.717, 1.165) is 22.4 Å². The highest BCUT2D eigenvalue weighted by Gasteiger charge is 2.08. The van der Waals surface area contributed by atoms with Gasteiger partial charge in [-0.25, -0.2) is 9.67 Å². The second-order valence-corrected chi connectivity index (χ2v) is 4.09. The van der Waals surface area contributed by atoms with E-state index in [1.54, 1.807) is 17.1 Å². The molecule has 0 aliphatic carbocycles. The monoisotopic (exact) mass is 285 g/mol. The molecule has 0 aliphatic heterocycles. The predicted molar refractivity (Wildman–Crippen MR) is 63.7 cm³/mol. The number of halogens is 2. The first kappa shape index (κ1) is 10.6. The quantitative estimate of drug-likeness (QED) is 0.794. The summed E-state index contributed by atoms with van der Waals surface area (Å²) in [5, 5.41) is 5.69. The van der Waals surface area contributed by atoms with Crippen LogP contribution in [0, 0.1) is 6.92 Å². The first-order chi connectivity index (χ1) is 7.22. The number of aryl methyl sites for hydroxylation is 1. The van der Waals surface area contributed by atoms with E-state index in [9.17, 15) is 0 Å². The molecular weight excluding hydrogens is 277 g/mol. The van der Waals surface area contributed by atoms with Crippen LogP contribution in [-0.4, -0.2) is 14.8 Å². The number of hydrogen-bond donors (Lipinski definition) is 0. The summed E-state index contributed by atoms with van der Waals surface area (Å²) < 4.78 is 1.70. The molecule has 0 saturated heterocycles. The fraction of sp³-hybridized carbons (Fsp3) is 0.200. The summed E-state index contributed by atoms with van der Waals surface area (Å²) in [5.74, 6) is 0.810. The maximum absolute atomic E-state index is 5.95. The molecule has 2 aromatic heterocycles. The molecule has 15 heavy (non-hydrogen) atoms. The molecule has 2 rings (SSSR count). The fourth-order valence-corrected chi connectivity index (χ4v) is 1.86. The molecule has 78 valence electrons. The molecule has 0 fully saturated rings. The van der Waals surface area contributed by atoms with Crippen LogP contribution in [-0.2, 0) is 5.33 Å². The van der Waals surface area contributed by atoms with Crippen LogP contribution in [0.1, 0.15) is 11.3 Å². The van der Waals surface area contributed by atoms with Crippen molar-refractivity contribution in [3.63, 3.8) is 0 Å². The number of nitrogens with zero attached hydrogens (tertiary/aromatic N) is 3. The van der Waals surface area contributed by atoms with Crippen molar-refractivity contribution in [2.45, 2.75) is 12.3 Å². The van der Waals surface area contributed by atoms with Gasteiger partial charge in [0.25, 0.3) is 0 Å². The van der Waals surface area contributed by atoms with Crippen molar-refractivity contribution in [3.8, 4) is 5.82 Å². The van der Waals surface area contributed by atoms with Crippen LogP contribution in [0.2, 0.25) is 5.02 Å². The zero-order valence-electron chi connectivity index (χ0n) is 8.11. The highest BCUT2D eigenvalue weighted by Crippen LogP contribution is 2.18. The average molecular weight is 287 g/mol. The second kappa shape index (κ2) is 4.33. The second-order valence-electron chi connectivity index (χ2n) is 3.13. The Kier molecular flexibility index (Phi) is 3.07. The lowest BCUT2D eigenvalue weighted by atomic mass is 10.3. The van der Waals surface area contributed by atoms with Crippen LogP contribution < -0.4 is 0 Å². The van der Waals surface area contributed by atoms with Gasteiger partial charge in [0, 0.05) is 17.1 Å². The molecule has 3 nitrogen and oxygen atoms in total. The van der Waals surface area contributed by atoms with E-state index < -0.39 is 0 Å². The van der Waals surface area contributed by atoms with E-state index >= 15 is 0 Å². The van der Waals surface area contributed by atoms with E-state index in [2.05, 4.69) is 26.0 Å². The third-order valence-corrected chi connectivity index (χ3v) is 3.04. The van der Waals surface area contributed by atoms with Crippen LogP contribution in [0.3, 0.4) is 0 Å². The van der Waals surface area contributed by atoms with Gasteiger partial charge in [-0.3, -0.25) is 0 Å². The lowest BCUT2D eigenvalue weighted by Gasteiger charge is -2.04. The lowest BCUT2D eigenvalue weighted by molar-refractivity contribution is 0.823. The third-order valence-electron chi connectivity index (χ3n) is 2.07. The van der Waals surface area contributed by atoms with Crippen molar-refractivity contribution in [1.29, 1.82) is 0 Å². The van der Waals surface area contributed by atoms with Gasteiger partial charge in [-0.15, -0.1) is 0 Å². The Morgan fingerprint density at radius 3 is 2.93 bits per heavy atom. The topological polar surface area (TPSA) is 30.7 Å². The summed E-state index contributed by atoms with van der Waals surface area (Å²) in [6.07, 6.45) is 3.51. The zero-order valence-corrected chi connectivity index (χ0v) is 10.5. The minimum absolute atomic E-state index is 0.654. The van der Waals surface area contributed by atoms with Crippen molar-refractivity contribution < 1.29 is 0 Å². The van der Waals surface area contributed by atoms with E-state index in [1.807, 2.05) is 19.1 Å². The summed E-state index contributed by atoms with van der Waals surface area (Å²) >= 11 is 9.37. The predicted octanol–water partition coefficient (Wildman–Crippen LogP) is 3.12. The molecule has 0 atom stereocenters. The molecule has 5 heteroatoms. The van der Waals surface area contributed by atoms with Crippen molar-refractivity contribution in [3.05, 3.63) is 40.8 Å². The minimum atomic E-state index is 0.654. The van der Waals surface area contributed by atoms with Crippen LogP contribution in [0.15, 0.2) is 24.5 Å². The lowest BCUT2D eigenvalue weighted by Crippen LogP contribution is -2.01. The summed E-state index contributed by atoms with van der Waals surface area (Å²) in [5.41, 5.74) is 1.89. The zero-order chi connectivity index (χ0) is 10.8. The summed E-state index contributed by atoms with van der Waals surface area (Å²) in [6, 6.07) is 3.90. The molecule has 0 N–H and O–H groups in total. The largest absolute Gasteiger partial charge is 0.237 e. The molecular formula is C10H9BrClN3. The van der Waals surface area contributed by atoms with E-state index in [1.165, 1.54) is 0 Å². The Morgan fingerprint density at radius 2 is 2.33 bits per heavy atom. The van der Waals surface area contributed by atoms with Crippen LogP contribution in [0.5, 0.6) is 0 Å². The molecule has 0 saturated carbocycles. The van der Waals surface area contributed by atoms with Crippen LogP contribution >= 0.6 is 27.5 Å². The van der Waals surface area contributed by atoms with Gasteiger partial charge in [-0.2, -0.15) is 5.10 Å².